The van der Waals surface area contributed by atoms with Gasteiger partial charge in [-0.1, -0.05) is 17.7 Å². The van der Waals surface area contributed by atoms with Crippen LogP contribution in [0.1, 0.15) is 44.6 Å². The maximum atomic E-state index is 12.2. The fraction of sp³-hybridized carbons (Fsp3) is 0.667. The van der Waals surface area contributed by atoms with Crippen molar-refractivity contribution < 1.29 is 28.8 Å². The molecule has 25 heavy (non-hydrogen) atoms. The van der Waals surface area contributed by atoms with Crippen LogP contribution in [0.25, 0.3) is 0 Å². The van der Waals surface area contributed by atoms with Crippen LogP contribution in [-0.4, -0.2) is 59.0 Å². The second-order valence-corrected chi connectivity index (χ2v) is 8.84. The Morgan fingerprint density at radius 2 is 1.40 bits per heavy atom. The van der Waals surface area contributed by atoms with E-state index in [0.29, 0.717) is 19.3 Å². The highest BCUT2D eigenvalue weighted by Crippen LogP contribution is 2.16. The normalized spacial score (nSPS) is 17.0. The Kier molecular flexibility index (Phi) is 9.02. The molecule has 0 spiro atoms. The molecule has 0 bridgehead atoms. The van der Waals surface area contributed by atoms with Crippen LogP contribution in [0, 0.1) is 6.92 Å². The predicted molar refractivity (Wildman–Crippen MR) is 96.0 cm³/mol. The first-order chi connectivity index (χ1) is 11.6. The van der Waals surface area contributed by atoms with Gasteiger partial charge in [-0.15, -0.1) is 0 Å². The summed E-state index contributed by atoms with van der Waals surface area (Å²) < 4.78 is 24.5. The van der Waals surface area contributed by atoms with Gasteiger partial charge in [0.25, 0.3) is 0 Å². The Bertz CT molecular complexity index is 596. The Morgan fingerprint density at radius 3 is 1.92 bits per heavy atom. The van der Waals surface area contributed by atoms with Crippen molar-refractivity contribution in [2.45, 2.75) is 75.3 Å². The zero-order chi connectivity index (χ0) is 19.0. The smallest absolute Gasteiger partial charge is 0.180 e. The minimum absolute atomic E-state index is 0.0302. The van der Waals surface area contributed by atoms with E-state index in [1.165, 1.54) is 12.1 Å². The lowest BCUT2D eigenvalue weighted by molar-refractivity contribution is 0.0679. The number of aliphatic hydroxyl groups is 4. The van der Waals surface area contributed by atoms with Gasteiger partial charge >= 0.3 is 0 Å². The van der Waals surface area contributed by atoms with Gasteiger partial charge in [-0.3, -0.25) is 0 Å². The first-order valence-electron chi connectivity index (χ1n) is 8.62. The van der Waals surface area contributed by atoms with Gasteiger partial charge in [-0.2, -0.15) is 0 Å². The summed E-state index contributed by atoms with van der Waals surface area (Å²) in [5.74, 6) is -0.433. The number of aryl methyl sites for hydroxylation is 1. The predicted octanol–water partition coefficient (Wildman–Crippen LogP) is 1.18. The Balaban J connectivity index is 2.39. The number of benzene rings is 1. The quantitative estimate of drug-likeness (QED) is 0.462. The van der Waals surface area contributed by atoms with Crippen molar-refractivity contribution in [3.63, 3.8) is 0 Å². The average molecular weight is 374 g/mol. The highest BCUT2D eigenvalue weighted by atomic mass is 32.2. The molecule has 1 aromatic rings. The molecule has 0 saturated heterocycles. The monoisotopic (exact) mass is 374 g/mol. The summed E-state index contributed by atoms with van der Waals surface area (Å²) in [4.78, 5) is 0.160. The maximum Gasteiger partial charge on any atom is 0.180 e. The summed E-state index contributed by atoms with van der Waals surface area (Å²) in [5, 5.41) is 38.7. The lowest BCUT2D eigenvalue weighted by atomic mass is 10.0. The van der Waals surface area contributed by atoms with Gasteiger partial charge < -0.3 is 20.4 Å². The molecule has 7 heteroatoms. The number of hydrogen-bond donors (Lipinski definition) is 4. The molecule has 0 aromatic heterocycles. The van der Waals surface area contributed by atoms with Gasteiger partial charge in [0, 0.05) is 6.42 Å². The molecule has 6 nitrogen and oxygen atoms in total. The third-order valence-electron chi connectivity index (χ3n) is 4.02. The van der Waals surface area contributed by atoms with E-state index in [4.69, 9.17) is 5.11 Å². The van der Waals surface area contributed by atoms with E-state index >= 15 is 0 Å². The molecule has 0 aliphatic heterocycles. The molecule has 0 heterocycles. The minimum atomic E-state index is -3.60. The highest BCUT2D eigenvalue weighted by molar-refractivity contribution is 7.91. The van der Waals surface area contributed by atoms with Crippen LogP contribution in [0.15, 0.2) is 29.2 Å². The first kappa shape index (κ1) is 22.1. The molecular formula is C18H30O6S. The van der Waals surface area contributed by atoms with Gasteiger partial charge in [0.2, 0.25) is 0 Å². The van der Waals surface area contributed by atoms with E-state index in [1.54, 1.807) is 19.1 Å². The van der Waals surface area contributed by atoms with Crippen molar-refractivity contribution in [1.82, 2.24) is 0 Å². The molecule has 0 saturated carbocycles. The summed E-state index contributed by atoms with van der Waals surface area (Å²) in [7, 11) is -3.60. The zero-order valence-electron chi connectivity index (χ0n) is 14.9. The maximum absolute atomic E-state index is 12.2. The summed E-state index contributed by atoms with van der Waals surface area (Å²) in [5.41, 5.74) is 0.952. The molecule has 0 amide bonds. The van der Waals surface area contributed by atoms with Crippen LogP contribution in [0.4, 0.5) is 0 Å². The third kappa shape index (κ3) is 8.78. The van der Waals surface area contributed by atoms with Crippen molar-refractivity contribution in [2.75, 3.05) is 5.75 Å². The fourth-order valence-corrected chi connectivity index (χ4v) is 4.08. The molecule has 1 aromatic carbocycles. The SMILES string of the molecule is Cc1ccc(S(=O)(=O)CC(O)CC(O)CCCC(O)CC(C)O)cc1. The van der Waals surface area contributed by atoms with Crippen molar-refractivity contribution in [3.05, 3.63) is 29.8 Å². The highest BCUT2D eigenvalue weighted by Gasteiger charge is 2.22. The van der Waals surface area contributed by atoms with Gasteiger partial charge in [0.1, 0.15) is 0 Å². The molecule has 0 radical (unpaired) electrons. The lowest BCUT2D eigenvalue weighted by Gasteiger charge is -2.17. The first-order valence-corrected chi connectivity index (χ1v) is 10.3. The topological polar surface area (TPSA) is 115 Å². The number of aliphatic hydroxyl groups excluding tert-OH is 4. The molecule has 1 rings (SSSR count). The molecule has 0 aliphatic carbocycles. The van der Waals surface area contributed by atoms with Crippen LogP contribution < -0.4 is 0 Å². The van der Waals surface area contributed by atoms with E-state index in [0.717, 1.165) is 5.56 Å². The molecule has 4 unspecified atom stereocenters. The van der Waals surface area contributed by atoms with E-state index in [9.17, 15) is 23.7 Å². The zero-order valence-corrected chi connectivity index (χ0v) is 15.7. The van der Waals surface area contributed by atoms with E-state index in [-0.39, 0.29) is 17.7 Å². The van der Waals surface area contributed by atoms with Crippen molar-refractivity contribution >= 4 is 9.84 Å². The second-order valence-electron chi connectivity index (χ2n) is 6.81. The minimum Gasteiger partial charge on any atom is -0.393 e. The molecular weight excluding hydrogens is 344 g/mol. The second kappa shape index (κ2) is 10.2. The van der Waals surface area contributed by atoms with Crippen LogP contribution >= 0.6 is 0 Å². The average Bonchev–Trinajstić information content (AvgIpc) is 2.45. The van der Waals surface area contributed by atoms with Crippen molar-refractivity contribution in [3.8, 4) is 0 Å². The van der Waals surface area contributed by atoms with E-state index < -0.39 is 40.0 Å². The third-order valence-corrected chi connectivity index (χ3v) is 5.84. The molecule has 4 N–H and O–H groups in total. The van der Waals surface area contributed by atoms with Crippen LogP contribution in [0.5, 0.6) is 0 Å². The summed E-state index contributed by atoms with van der Waals surface area (Å²) in [6.07, 6.45) is -1.59. The van der Waals surface area contributed by atoms with Crippen LogP contribution in [-0.2, 0) is 9.84 Å². The summed E-state index contributed by atoms with van der Waals surface area (Å²) >= 11 is 0. The standard InChI is InChI=1S/C18H30O6S/c1-13-6-8-18(9-7-13)25(23,24)12-17(22)11-16(21)5-3-4-15(20)10-14(2)19/h6-9,14-17,19-22H,3-5,10-12H2,1-2H3. The Hall–Kier alpha value is -0.990. The number of sulfone groups is 1. The van der Waals surface area contributed by atoms with Gasteiger partial charge in [0.05, 0.1) is 35.1 Å². The van der Waals surface area contributed by atoms with Crippen molar-refractivity contribution in [2.24, 2.45) is 0 Å². The Morgan fingerprint density at radius 1 is 0.880 bits per heavy atom. The molecule has 0 fully saturated rings. The molecule has 4 atom stereocenters. The number of rotatable bonds is 11. The summed E-state index contributed by atoms with van der Waals surface area (Å²) in [6.45, 7) is 3.46. The molecule has 0 aliphatic rings. The largest absolute Gasteiger partial charge is 0.393 e. The molecule has 144 valence electrons. The van der Waals surface area contributed by atoms with E-state index in [1.807, 2.05) is 6.92 Å². The van der Waals surface area contributed by atoms with Crippen molar-refractivity contribution in [1.29, 1.82) is 0 Å². The number of hydrogen-bond acceptors (Lipinski definition) is 6. The van der Waals surface area contributed by atoms with Gasteiger partial charge in [-0.25, -0.2) is 8.42 Å². The Labute approximate surface area is 150 Å². The lowest BCUT2D eigenvalue weighted by Crippen LogP contribution is -2.26. The van der Waals surface area contributed by atoms with Gasteiger partial charge in [-0.05, 0) is 51.7 Å². The van der Waals surface area contributed by atoms with Crippen LogP contribution in [0.2, 0.25) is 0 Å². The fourth-order valence-electron chi connectivity index (χ4n) is 2.70. The van der Waals surface area contributed by atoms with E-state index in [2.05, 4.69) is 0 Å². The summed E-state index contributed by atoms with van der Waals surface area (Å²) in [6, 6.07) is 6.42. The van der Waals surface area contributed by atoms with Crippen LogP contribution in [0.3, 0.4) is 0 Å². The van der Waals surface area contributed by atoms with Gasteiger partial charge in [0.15, 0.2) is 9.84 Å².